The summed E-state index contributed by atoms with van der Waals surface area (Å²) in [5, 5.41) is 7.71. The fraction of sp³-hybridized carbons (Fsp3) is 0.267. The van der Waals surface area contributed by atoms with Gasteiger partial charge in [0.2, 0.25) is 11.9 Å². The molecule has 5 aromatic rings. The number of benzene rings is 2. The molecule has 2 aromatic carbocycles. The third-order valence-electron chi connectivity index (χ3n) is 7.12. The van der Waals surface area contributed by atoms with Gasteiger partial charge in [-0.2, -0.15) is 20.1 Å². The number of aromatic nitrogens is 6. The van der Waals surface area contributed by atoms with Gasteiger partial charge in [-0.25, -0.2) is 4.39 Å². The van der Waals surface area contributed by atoms with E-state index in [-0.39, 0.29) is 35.6 Å². The predicted molar refractivity (Wildman–Crippen MR) is 156 cm³/mol. The van der Waals surface area contributed by atoms with E-state index in [1.807, 2.05) is 6.07 Å². The van der Waals surface area contributed by atoms with Crippen LogP contribution in [-0.4, -0.2) is 35.3 Å². The van der Waals surface area contributed by atoms with Crippen molar-refractivity contribution in [3.8, 4) is 17.1 Å². The van der Waals surface area contributed by atoms with Crippen molar-refractivity contribution in [2.75, 3.05) is 11.1 Å². The molecule has 42 heavy (non-hydrogen) atoms. The Morgan fingerprint density at radius 1 is 1.19 bits per heavy atom. The van der Waals surface area contributed by atoms with Gasteiger partial charge in [-0.3, -0.25) is 18.8 Å². The first kappa shape index (κ1) is 27.1. The fourth-order valence-corrected chi connectivity index (χ4v) is 4.85. The standard InChI is InChI=1S/C30H29FN8O3/c1-16(2)28(41)42-15-22-21(26-35-29(32)37-30(36-26)34-20-13-33-38(3)14-20)5-4-6-24(22)39-10-9-18-11-19(17-7-8-17)12-23(31)25(18)27(39)40/h4-6,9-14,16-17H,7-8,15H2,1-3H3,(H3,32,34,35,36,37). The molecular weight excluding hydrogens is 539 g/mol. The van der Waals surface area contributed by atoms with Crippen LogP contribution in [0.15, 0.2) is 59.8 Å². The van der Waals surface area contributed by atoms with Gasteiger partial charge in [-0.1, -0.05) is 32.0 Å². The summed E-state index contributed by atoms with van der Waals surface area (Å²) in [6, 6.07) is 10.2. The average molecular weight is 569 g/mol. The quantitative estimate of drug-likeness (QED) is 0.256. The van der Waals surface area contributed by atoms with Gasteiger partial charge in [0.25, 0.3) is 5.56 Å². The van der Waals surface area contributed by atoms with Crippen LogP contribution in [0.2, 0.25) is 0 Å². The van der Waals surface area contributed by atoms with Gasteiger partial charge < -0.3 is 15.8 Å². The SMILES string of the molecule is CC(C)C(=O)OCc1c(-c2nc(N)nc(Nc3cnn(C)c3)n2)cccc1-n1ccc2cc(C3CC3)cc(F)c2c1=O. The molecule has 0 amide bonds. The predicted octanol–water partition coefficient (Wildman–Crippen LogP) is 4.62. The molecule has 1 aliphatic rings. The van der Waals surface area contributed by atoms with Crippen LogP contribution in [0, 0.1) is 11.7 Å². The number of fused-ring (bicyclic) bond motifs is 1. The molecule has 6 rings (SSSR count). The van der Waals surface area contributed by atoms with E-state index in [2.05, 4.69) is 25.4 Å². The third kappa shape index (κ3) is 5.30. The highest BCUT2D eigenvalue weighted by molar-refractivity contribution is 5.84. The van der Waals surface area contributed by atoms with Gasteiger partial charge in [0, 0.05) is 30.6 Å². The molecule has 0 radical (unpaired) electrons. The molecule has 0 aliphatic heterocycles. The first-order valence-electron chi connectivity index (χ1n) is 13.6. The van der Waals surface area contributed by atoms with E-state index in [4.69, 9.17) is 10.5 Å². The number of anilines is 3. The number of esters is 1. The number of hydrogen-bond donors (Lipinski definition) is 2. The lowest BCUT2D eigenvalue weighted by Crippen LogP contribution is -2.21. The van der Waals surface area contributed by atoms with Crippen LogP contribution >= 0.6 is 0 Å². The van der Waals surface area contributed by atoms with Crippen molar-refractivity contribution in [2.45, 2.75) is 39.2 Å². The maximum absolute atomic E-state index is 15.3. The second-order valence-corrected chi connectivity index (χ2v) is 10.7. The van der Waals surface area contributed by atoms with Crippen LogP contribution in [0.5, 0.6) is 0 Å². The molecule has 3 aromatic heterocycles. The first-order chi connectivity index (χ1) is 20.2. The largest absolute Gasteiger partial charge is 0.461 e. The zero-order valence-electron chi connectivity index (χ0n) is 23.3. The number of nitrogens with one attached hydrogen (secondary N) is 1. The Balaban J connectivity index is 1.49. The molecule has 0 atom stereocenters. The Labute approximate surface area is 240 Å². The Kier molecular flexibility index (Phi) is 6.89. The number of aryl methyl sites for hydroxylation is 1. The molecule has 0 saturated heterocycles. The molecule has 214 valence electrons. The molecule has 3 heterocycles. The van der Waals surface area contributed by atoms with E-state index < -0.39 is 17.3 Å². The first-order valence-corrected chi connectivity index (χ1v) is 13.6. The molecule has 1 saturated carbocycles. The van der Waals surface area contributed by atoms with E-state index in [9.17, 15) is 9.59 Å². The van der Waals surface area contributed by atoms with E-state index >= 15 is 4.39 Å². The molecule has 0 unspecified atom stereocenters. The lowest BCUT2D eigenvalue weighted by Gasteiger charge is -2.18. The van der Waals surface area contributed by atoms with Gasteiger partial charge >= 0.3 is 5.97 Å². The topological polar surface area (TPSA) is 143 Å². The van der Waals surface area contributed by atoms with Crippen LogP contribution in [0.25, 0.3) is 27.8 Å². The minimum Gasteiger partial charge on any atom is -0.461 e. The fourth-order valence-electron chi connectivity index (χ4n) is 4.85. The van der Waals surface area contributed by atoms with E-state index in [0.29, 0.717) is 33.8 Å². The van der Waals surface area contributed by atoms with Crippen LogP contribution in [0.3, 0.4) is 0 Å². The van der Waals surface area contributed by atoms with E-state index in [0.717, 1.165) is 18.4 Å². The van der Waals surface area contributed by atoms with Gasteiger partial charge in [-0.15, -0.1) is 0 Å². The van der Waals surface area contributed by atoms with Crippen molar-refractivity contribution in [3.63, 3.8) is 0 Å². The number of ether oxygens (including phenoxy) is 1. The minimum atomic E-state index is -0.561. The second kappa shape index (κ2) is 10.7. The molecule has 0 bridgehead atoms. The monoisotopic (exact) mass is 568 g/mol. The maximum Gasteiger partial charge on any atom is 0.308 e. The number of carbonyl (C=O) groups excluding carboxylic acids is 1. The molecule has 11 nitrogen and oxygen atoms in total. The summed E-state index contributed by atoms with van der Waals surface area (Å²) in [5.41, 5.74) is 8.37. The Morgan fingerprint density at radius 3 is 2.71 bits per heavy atom. The molecule has 0 spiro atoms. The number of nitrogens with zero attached hydrogens (tertiary/aromatic N) is 6. The maximum atomic E-state index is 15.3. The number of nitrogen functional groups attached to an aromatic ring is 1. The highest BCUT2D eigenvalue weighted by Crippen LogP contribution is 2.41. The molecular formula is C30H29FN8O3. The summed E-state index contributed by atoms with van der Waals surface area (Å²) in [6.07, 6.45) is 7.00. The summed E-state index contributed by atoms with van der Waals surface area (Å²) in [7, 11) is 1.78. The number of hydrogen-bond acceptors (Lipinski definition) is 9. The second-order valence-electron chi connectivity index (χ2n) is 10.7. The van der Waals surface area contributed by atoms with E-state index in [1.54, 1.807) is 68.4 Å². The number of pyridine rings is 1. The molecule has 1 fully saturated rings. The lowest BCUT2D eigenvalue weighted by molar-refractivity contribution is -0.148. The molecule has 1 aliphatic carbocycles. The van der Waals surface area contributed by atoms with Gasteiger partial charge in [0.1, 0.15) is 12.4 Å². The Morgan fingerprint density at radius 2 is 2.00 bits per heavy atom. The van der Waals surface area contributed by atoms with Gasteiger partial charge in [-0.05, 0) is 47.9 Å². The molecule has 3 N–H and O–H groups in total. The van der Waals surface area contributed by atoms with Crippen molar-refractivity contribution >= 4 is 34.3 Å². The normalized spacial score (nSPS) is 13.1. The van der Waals surface area contributed by atoms with Crippen LogP contribution in [-0.2, 0) is 23.2 Å². The van der Waals surface area contributed by atoms with Crippen molar-refractivity contribution in [1.29, 1.82) is 0 Å². The lowest BCUT2D eigenvalue weighted by atomic mass is 10.0. The zero-order valence-corrected chi connectivity index (χ0v) is 23.3. The Hall–Kier alpha value is -5.13. The van der Waals surface area contributed by atoms with Crippen LogP contribution < -0.4 is 16.6 Å². The van der Waals surface area contributed by atoms with Crippen LogP contribution in [0.4, 0.5) is 22.0 Å². The van der Waals surface area contributed by atoms with E-state index in [1.165, 1.54) is 10.6 Å². The summed E-state index contributed by atoms with van der Waals surface area (Å²) in [4.78, 5) is 39.3. The minimum absolute atomic E-state index is 0.00945. The van der Waals surface area contributed by atoms with Crippen molar-refractivity contribution in [2.24, 2.45) is 13.0 Å². The summed E-state index contributed by atoms with van der Waals surface area (Å²) >= 11 is 0. The summed E-state index contributed by atoms with van der Waals surface area (Å²) < 4.78 is 23.9. The third-order valence-corrected chi connectivity index (χ3v) is 7.12. The Bertz CT molecular complexity index is 1890. The van der Waals surface area contributed by atoms with Gasteiger partial charge in [0.15, 0.2) is 5.82 Å². The zero-order chi connectivity index (χ0) is 29.5. The summed E-state index contributed by atoms with van der Waals surface area (Å²) in [6.45, 7) is 3.27. The smallest absolute Gasteiger partial charge is 0.308 e. The number of nitrogens with two attached hydrogens (primary N) is 1. The molecule has 12 heteroatoms. The van der Waals surface area contributed by atoms with Gasteiger partial charge in [0.05, 0.1) is 28.9 Å². The average Bonchev–Trinajstić information content (AvgIpc) is 3.73. The van der Waals surface area contributed by atoms with Crippen molar-refractivity contribution in [3.05, 3.63) is 82.3 Å². The van der Waals surface area contributed by atoms with Crippen molar-refractivity contribution < 1.29 is 13.9 Å². The number of halogens is 1. The number of carbonyl (C=O) groups is 1. The highest BCUT2D eigenvalue weighted by atomic mass is 19.1. The van der Waals surface area contributed by atoms with Crippen molar-refractivity contribution in [1.82, 2.24) is 29.3 Å². The van der Waals surface area contributed by atoms with Crippen LogP contribution in [0.1, 0.15) is 43.7 Å². The highest BCUT2D eigenvalue weighted by Gasteiger charge is 2.26. The summed E-state index contributed by atoms with van der Waals surface area (Å²) in [5.74, 6) is -0.683. The number of rotatable bonds is 8.